The zero-order valence-corrected chi connectivity index (χ0v) is 14.1. The van der Waals surface area contributed by atoms with Crippen LogP contribution in [0.15, 0.2) is 18.2 Å². The molecule has 1 unspecified atom stereocenters. The van der Waals surface area contributed by atoms with Crippen LogP contribution >= 0.6 is 0 Å². The summed E-state index contributed by atoms with van der Waals surface area (Å²) in [4.78, 5) is 14.5. The predicted octanol–water partition coefficient (Wildman–Crippen LogP) is 2.44. The predicted molar refractivity (Wildman–Crippen MR) is 86.5 cm³/mol. The zero-order chi connectivity index (χ0) is 16.4. The van der Waals surface area contributed by atoms with Crippen molar-refractivity contribution in [3.63, 3.8) is 0 Å². The summed E-state index contributed by atoms with van der Waals surface area (Å²) in [5, 5.41) is 0. The maximum absolute atomic E-state index is 12.6. The van der Waals surface area contributed by atoms with Gasteiger partial charge in [-0.05, 0) is 32.4 Å². The molecule has 3 rings (SSSR count). The molecule has 0 bridgehead atoms. The van der Waals surface area contributed by atoms with Gasteiger partial charge in [0.1, 0.15) is 5.75 Å². The number of hydrogen-bond acceptors (Lipinski definition) is 4. The van der Waals surface area contributed by atoms with Crippen molar-refractivity contribution < 1.29 is 19.0 Å². The lowest BCUT2D eigenvalue weighted by molar-refractivity contribution is -0.188. The van der Waals surface area contributed by atoms with E-state index in [2.05, 4.69) is 6.07 Å². The average molecular weight is 319 g/mol. The van der Waals surface area contributed by atoms with E-state index in [1.54, 1.807) is 0 Å². The Kier molecular flexibility index (Phi) is 4.60. The highest BCUT2D eigenvalue weighted by atomic mass is 16.7. The molecule has 0 aliphatic carbocycles. The smallest absolute Gasteiger partial charge is 0.263 e. The van der Waals surface area contributed by atoms with Gasteiger partial charge in [-0.3, -0.25) is 4.79 Å². The number of benzene rings is 1. The molecule has 1 atom stereocenters. The lowest BCUT2D eigenvalue weighted by atomic mass is 10.0. The molecule has 1 spiro atoms. The van der Waals surface area contributed by atoms with Crippen LogP contribution < -0.4 is 4.74 Å². The molecule has 126 valence electrons. The van der Waals surface area contributed by atoms with E-state index in [1.807, 2.05) is 37.8 Å². The molecule has 2 aliphatic rings. The van der Waals surface area contributed by atoms with E-state index in [-0.39, 0.29) is 5.91 Å². The van der Waals surface area contributed by atoms with Crippen LogP contribution in [0.4, 0.5) is 0 Å². The van der Waals surface area contributed by atoms with Gasteiger partial charge in [-0.2, -0.15) is 0 Å². The van der Waals surface area contributed by atoms with E-state index in [0.717, 1.165) is 24.2 Å². The average Bonchev–Trinajstić information content (AvgIpc) is 2.98. The number of likely N-dealkylation sites (tertiary alicyclic amines) is 1. The summed E-state index contributed by atoms with van der Waals surface area (Å²) < 4.78 is 17.3. The summed E-state index contributed by atoms with van der Waals surface area (Å²) in [6.07, 6.45) is 0.972. The van der Waals surface area contributed by atoms with Crippen molar-refractivity contribution in [3.8, 4) is 5.75 Å². The minimum absolute atomic E-state index is 0.0258. The molecule has 0 aromatic heterocycles. The van der Waals surface area contributed by atoms with Gasteiger partial charge in [-0.1, -0.05) is 17.7 Å². The zero-order valence-electron chi connectivity index (χ0n) is 14.1. The Morgan fingerprint density at radius 1 is 1.22 bits per heavy atom. The van der Waals surface area contributed by atoms with Crippen LogP contribution in [0.3, 0.4) is 0 Å². The van der Waals surface area contributed by atoms with Crippen molar-refractivity contribution in [1.29, 1.82) is 0 Å². The number of nitrogens with zero attached hydrogens (tertiary/aromatic N) is 1. The van der Waals surface area contributed by atoms with Gasteiger partial charge in [0.25, 0.3) is 5.91 Å². The van der Waals surface area contributed by atoms with Crippen molar-refractivity contribution in [2.45, 2.75) is 45.5 Å². The lowest BCUT2D eigenvalue weighted by Crippen LogP contribution is -2.50. The summed E-state index contributed by atoms with van der Waals surface area (Å²) in [7, 11) is 0. The van der Waals surface area contributed by atoms with Crippen LogP contribution in [0.25, 0.3) is 0 Å². The van der Waals surface area contributed by atoms with Crippen molar-refractivity contribution in [2.75, 3.05) is 26.3 Å². The second-order valence-corrected chi connectivity index (χ2v) is 6.46. The van der Waals surface area contributed by atoms with Crippen LogP contribution in [0.5, 0.6) is 5.75 Å². The van der Waals surface area contributed by atoms with Gasteiger partial charge >= 0.3 is 0 Å². The standard InChI is InChI=1S/C18H25NO4/c1-13-4-5-16(14(2)12-13)23-15(3)17(20)19-8-6-18(7-9-19)21-10-11-22-18/h4-5,12,15H,6-11H2,1-3H3. The normalized spacial score (nSPS) is 21.4. The molecule has 1 amide bonds. The van der Waals surface area contributed by atoms with Gasteiger partial charge in [0.05, 0.1) is 13.2 Å². The van der Waals surface area contributed by atoms with Crippen molar-refractivity contribution in [1.82, 2.24) is 4.90 Å². The quantitative estimate of drug-likeness (QED) is 0.858. The molecule has 5 nitrogen and oxygen atoms in total. The van der Waals surface area contributed by atoms with Crippen molar-refractivity contribution in [2.24, 2.45) is 0 Å². The Labute approximate surface area is 137 Å². The number of ether oxygens (including phenoxy) is 3. The topological polar surface area (TPSA) is 48.0 Å². The SMILES string of the molecule is Cc1ccc(OC(C)C(=O)N2CCC3(CC2)OCCO3)c(C)c1. The highest BCUT2D eigenvalue weighted by Gasteiger charge is 2.41. The van der Waals surface area contributed by atoms with E-state index in [9.17, 15) is 4.79 Å². The fourth-order valence-electron chi connectivity index (χ4n) is 3.28. The molecule has 0 radical (unpaired) electrons. The highest BCUT2D eigenvalue weighted by molar-refractivity contribution is 5.81. The highest BCUT2D eigenvalue weighted by Crippen LogP contribution is 2.31. The second kappa shape index (κ2) is 6.49. The molecular weight excluding hydrogens is 294 g/mol. The molecule has 2 saturated heterocycles. The first-order chi connectivity index (χ1) is 11.0. The van der Waals surface area contributed by atoms with Crippen LogP contribution in [-0.2, 0) is 14.3 Å². The molecular formula is C18H25NO4. The number of hydrogen-bond donors (Lipinski definition) is 0. The first kappa shape index (κ1) is 16.3. The van der Waals surface area contributed by atoms with Crippen LogP contribution in [0.2, 0.25) is 0 Å². The summed E-state index contributed by atoms with van der Waals surface area (Å²) in [6.45, 7) is 8.47. The molecule has 5 heteroatoms. The Morgan fingerprint density at radius 2 is 1.87 bits per heavy atom. The summed E-state index contributed by atoms with van der Waals surface area (Å²) >= 11 is 0. The Bertz CT molecular complexity index is 570. The monoisotopic (exact) mass is 319 g/mol. The molecule has 2 aliphatic heterocycles. The molecule has 1 aromatic carbocycles. The molecule has 0 N–H and O–H groups in total. The van der Waals surface area contributed by atoms with Crippen molar-refractivity contribution >= 4 is 5.91 Å². The van der Waals surface area contributed by atoms with Gasteiger partial charge in [-0.15, -0.1) is 0 Å². The van der Waals surface area contributed by atoms with Crippen molar-refractivity contribution in [3.05, 3.63) is 29.3 Å². The van der Waals surface area contributed by atoms with Gasteiger partial charge in [0, 0.05) is 25.9 Å². The first-order valence-electron chi connectivity index (χ1n) is 8.30. The minimum atomic E-state index is -0.490. The van der Waals surface area contributed by atoms with E-state index >= 15 is 0 Å². The number of amides is 1. The Hall–Kier alpha value is -1.59. The third-order valence-electron chi connectivity index (χ3n) is 4.63. The Balaban J connectivity index is 1.57. The molecule has 2 heterocycles. The number of aryl methyl sites for hydroxylation is 2. The third-order valence-corrected chi connectivity index (χ3v) is 4.63. The van der Waals surface area contributed by atoms with Gasteiger partial charge in [0.15, 0.2) is 11.9 Å². The van der Waals surface area contributed by atoms with Crippen LogP contribution in [0.1, 0.15) is 30.9 Å². The van der Waals surface area contributed by atoms with Crippen LogP contribution in [0, 0.1) is 13.8 Å². The van der Waals surface area contributed by atoms with E-state index in [4.69, 9.17) is 14.2 Å². The number of piperidine rings is 1. The summed E-state index contributed by atoms with van der Waals surface area (Å²) in [6, 6.07) is 5.99. The van der Waals surface area contributed by atoms with Gasteiger partial charge in [0.2, 0.25) is 0 Å². The third kappa shape index (κ3) is 3.51. The molecule has 1 aromatic rings. The molecule has 23 heavy (non-hydrogen) atoms. The fourth-order valence-corrected chi connectivity index (χ4v) is 3.28. The van der Waals surface area contributed by atoms with E-state index in [1.165, 1.54) is 5.56 Å². The maximum Gasteiger partial charge on any atom is 0.263 e. The summed E-state index contributed by atoms with van der Waals surface area (Å²) in [5.41, 5.74) is 2.24. The number of carbonyl (C=O) groups excluding carboxylic acids is 1. The first-order valence-corrected chi connectivity index (χ1v) is 8.30. The second-order valence-electron chi connectivity index (χ2n) is 6.46. The maximum atomic E-state index is 12.6. The van der Waals surface area contributed by atoms with Gasteiger partial charge < -0.3 is 19.1 Å². The summed E-state index contributed by atoms with van der Waals surface area (Å²) in [5.74, 6) is 0.347. The number of carbonyl (C=O) groups is 1. The number of rotatable bonds is 3. The minimum Gasteiger partial charge on any atom is -0.481 e. The van der Waals surface area contributed by atoms with E-state index in [0.29, 0.717) is 26.3 Å². The van der Waals surface area contributed by atoms with E-state index < -0.39 is 11.9 Å². The molecule has 0 saturated carbocycles. The lowest BCUT2D eigenvalue weighted by Gasteiger charge is -2.38. The largest absolute Gasteiger partial charge is 0.481 e. The van der Waals surface area contributed by atoms with Gasteiger partial charge in [-0.25, -0.2) is 0 Å². The Morgan fingerprint density at radius 3 is 2.48 bits per heavy atom. The van der Waals surface area contributed by atoms with Crippen LogP contribution in [-0.4, -0.2) is 49.0 Å². The fraction of sp³-hybridized carbons (Fsp3) is 0.611. The molecule has 2 fully saturated rings.